The first-order chi connectivity index (χ1) is 9.16. The summed E-state index contributed by atoms with van der Waals surface area (Å²) in [6, 6.07) is 6.61. The van der Waals surface area contributed by atoms with Gasteiger partial charge in [0.15, 0.2) is 0 Å². The Morgan fingerprint density at radius 1 is 1.53 bits per heavy atom. The largest absolute Gasteiger partial charge is 0.487 e. The molecular weight excluding hydrogens is 250 g/mol. The van der Waals surface area contributed by atoms with Crippen LogP contribution in [0, 0.1) is 11.3 Å². The number of carbonyl (C=O) groups is 1. The molecule has 1 amide bonds. The molecule has 1 aromatic rings. The van der Waals surface area contributed by atoms with Gasteiger partial charge in [-0.05, 0) is 12.1 Å². The predicted octanol–water partition coefficient (Wildman–Crippen LogP) is 1.19. The summed E-state index contributed by atoms with van der Waals surface area (Å²) in [5, 5.41) is 17.7. The highest BCUT2D eigenvalue weighted by atomic mass is 16.5. The van der Waals surface area contributed by atoms with Crippen molar-refractivity contribution >= 4 is 11.8 Å². The molecule has 0 aromatic heterocycles. The van der Waals surface area contributed by atoms with E-state index in [9.17, 15) is 4.79 Å². The number of carbonyl (C=O) groups excluding carboxylic acids is 1. The number of likely N-dealkylation sites (tertiary alicyclic amines) is 1. The normalized spacial score (nSPS) is 14.3. The molecule has 1 aliphatic rings. The van der Waals surface area contributed by atoms with Gasteiger partial charge in [0.2, 0.25) is 0 Å². The molecule has 0 atom stereocenters. The number of amides is 1. The van der Waals surface area contributed by atoms with E-state index in [-0.39, 0.29) is 12.2 Å². The predicted molar refractivity (Wildman–Crippen MR) is 65.0 cm³/mol. The summed E-state index contributed by atoms with van der Waals surface area (Å²) in [7, 11) is 1.33. The van der Waals surface area contributed by atoms with Gasteiger partial charge < -0.3 is 14.4 Å². The van der Waals surface area contributed by atoms with Crippen LogP contribution in [-0.2, 0) is 4.74 Å². The Hall–Kier alpha value is -2.46. The average Bonchev–Trinajstić information content (AvgIpc) is 2.41. The number of ether oxygens (including phenoxy) is 2. The minimum absolute atomic E-state index is 0.139. The van der Waals surface area contributed by atoms with Crippen molar-refractivity contribution in [1.29, 1.82) is 5.26 Å². The minimum atomic E-state index is -0.386. The maximum Gasteiger partial charge on any atom is 0.409 e. The molecule has 19 heavy (non-hydrogen) atoms. The molecule has 0 bridgehead atoms. The Morgan fingerprint density at radius 2 is 2.26 bits per heavy atom. The second-order valence-corrected chi connectivity index (χ2v) is 4.08. The van der Waals surface area contributed by atoms with Gasteiger partial charge in [-0.15, -0.1) is 0 Å². The van der Waals surface area contributed by atoms with Crippen molar-refractivity contribution in [2.75, 3.05) is 25.7 Å². The summed E-state index contributed by atoms with van der Waals surface area (Å²) in [6.45, 7) is 0.872. The lowest BCUT2D eigenvalue weighted by atomic mass is 10.1. The van der Waals surface area contributed by atoms with Crippen LogP contribution >= 0.6 is 0 Å². The van der Waals surface area contributed by atoms with Gasteiger partial charge in [-0.2, -0.15) is 5.26 Å². The zero-order valence-corrected chi connectivity index (χ0v) is 10.3. The van der Waals surface area contributed by atoms with Gasteiger partial charge in [0, 0.05) is 6.07 Å². The summed E-state index contributed by atoms with van der Waals surface area (Å²) in [4.78, 5) is 12.7. The highest BCUT2D eigenvalue weighted by molar-refractivity contribution is 5.68. The molecule has 1 aliphatic heterocycles. The molecule has 1 fully saturated rings. The zero-order chi connectivity index (χ0) is 13.8. The van der Waals surface area contributed by atoms with Crippen molar-refractivity contribution in [3.8, 4) is 11.8 Å². The van der Waals surface area contributed by atoms with Crippen molar-refractivity contribution in [2.45, 2.75) is 6.10 Å². The van der Waals surface area contributed by atoms with Gasteiger partial charge >= 0.3 is 6.09 Å². The number of benzene rings is 1. The van der Waals surface area contributed by atoms with Crippen molar-refractivity contribution in [1.82, 2.24) is 4.90 Å². The summed E-state index contributed by atoms with van der Waals surface area (Å²) >= 11 is 0. The van der Waals surface area contributed by atoms with Crippen molar-refractivity contribution in [3.05, 3.63) is 23.8 Å². The van der Waals surface area contributed by atoms with Crippen LogP contribution in [0.4, 0.5) is 10.5 Å². The third kappa shape index (κ3) is 2.86. The Bertz CT molecular complexity index is 520. The highest BCUT2D eigenvalue weighted by Gasteiger charge is 2.33. The smallest absolute Gasteiger partial charge is 0.409 e. The summed E-state index contributed by atoms with van der Waals surface area (Å²) < 4.78 is 10.2. The fourth-order valence-electron chi connectivity index (χ4n) is 1.78. The molecule has 1 saturated heterocycles. The second kappa shape index (κ2) is 5.46. The number of hydrogen-bond acceptors (Lipinski definition) is 6. The number of anilines is 1. The van der Waals surface area contributed by atoms with Crippen molar-refractivity contribution in [2.24, 2.45) is 0 Å². The third-order valence-corrected chi connectivity index (χ3v) is 2.75. The molecule has 0 radical (unpaired) electrons. The van der Waals surface area contributed by atoms with Crippen LogP contribution in [0.25, 0.3) is 0 Å². The molecule has 0 unspecified atom stereocenters. The maximum absolute atomic E-state index is 11.2. The fraction of sp³-hybridized carbons (Fsp3) is 0.333. The molecule has 2 rings (SSSR count). The number of methoxy groups -OCH3 is 1. The van der Waals surface area contributed by atoms with Crippen molar-refractivity contribution in [3.63, 3.8) is 0 Å². The van der Waals surface area contributed by atoms with Crippen LogP contribution in [0.1, 0.15) is 5.56 Å². The van der Waals surface area contributed by atoms with E-state index in [4.69, 9.17) is 15.2 Å². The van der Waals surface area contributed by atoms with Crippen LogP contribution in [0.15, 0.2) is 18.2 Å². The Balaban J connectivity index is 1.98. The number of nitriles is 1. The Kier molecular flexibility index (Phi) is 3.73. The molecule has 0 aliphatic carbocycles. The molecule has 0 saturated carbocycles. The zero-order valence-electron chi connectivity index (χ0n) is 10.3. The number of nitrogens with zero attached hydrogens (tertiary/aromatic N) is 2. The molecule has 7 heteroatoms. The van der Waals surface area contributed by atoms with E-state index >= 15 is 0 Å². The number of hydrogen-bond donors (Lipinski definition) is 2. The van der Waals surface area contributed by atoms with Gasteiger partial charge in [-0.1, -0.05) is 0 Å². The van der Waals surface area contributed by atoms with Crippen LogP contribution in [0.2, 0.25) is 0 Å². The van der Waals surface area contributed by atoms with Gasteiger partial charge in [0.1, 0.15) is 11.9 Å². The third-order valence-electron chi connectivity index (χ3n) is 2.75. The maximum atomic E-state index is 11.2. The van der Waals surface area contributed by atoms with Crippen molar-refractivity contribution < 1.29 is 19.5 Å². The summed E-state index contributed by atoms with van der Waals surface area (Å²) in [6.07, 6.45) is -0.525. The van der Waals surface area contributed by atoms with Gasteiger partial charge in [0.25, 0.3) is 0 Å². The SMILES string of the molecule is COC(=O)N1CC(Oc2cc(C#N)cc(NO)c2)C1. The Labute approximate surface area is 109 Å². The van der Waals surface area contributed by atoms with Crippen LogP contribution in [-0.4, -0.2) is 42.5 Å². The number of rotatable bonds is 3. The van der Waals surface area contributed by atoms with Gasteiger partial charge in [-0.25, -0.2) is 4.79 Å². The summed E-state index contributed by atoms with van der Waals surface area (Å²) in [5.41, 5.74) is 2.72. The second-order valence-electron chi connectivity index (χ2n) is 4.08. The monoisotopic (exact) mass is 263 g/mol. The molecule has 1 aromatic carbocycles. The molecule has 2 N–H and O–H groups in total. The van der Waals surface area contributed by atoms with Crippen LogP contribution in [0.5, 0.6) is 5.75 Å². The van der Waals surface area contributed by atoms with E-state index in [1.165, 1.54) is 18.1 Å². The first-order valence-corrected chi connectivity index (χ1v) is 5.61. The van der Waals surface area contributed by atoms with Gasteiger partial charge in [-0.3, -0.25) is 10.7 Å². The first kappa shape index (κ1) is 13.0. The fourth-order valence-corrected chi connectivity index (χ4v) is 1.78. The van der Waals surface area contributed by atoms with Gasteiger partial charge in [0.05, 0.1) is 37.5 Å². The van der Waals surface area contributed by atoms with E-state index in [1.807, 2.05) is 11.5 Å². The van der Waals surface area contributed by atoms with E-state index in [0.717, 1.165) is 0 Å². The lowest BCUT2D eigenvalue weighted by Crippen LogP contribution is -2.56. The van der Waals surface area contributed by atoms with E-state index in [2.05, 4.69) is 4.74 Å². The molecule has 1 heterocycles. The lowest BCUT2D eigenvalue weighted by Gasteiger charge is -2.37. The number of nitrogens with one attached hydrogen (secondary N) is 1. The summed E-state index contributed by atoms with van der Waals surface area (Å²) in [5.74, 6) is 0.463. The molecule has 7 nitrogen and oxygen atoms in total. The van der Waals surface area contributed by atoms with E-state index in [0.29, 0.717) is 30.1 Å². The standard InChI is InChI=1S/C12H13N3O4/c1-18-12(16)15-6-11(7-15)19-10-3-8(5-13)2-9(4-10)14-17/h2-4,11,14,17H,6-7H2,1H3. The first-order valence-electron chi connectivity index (χ1n) is 5.61. The average molecular weight is 263 g/mol. The molecule has 100 valence electrons. The lowest BCUT2D eigenvalue weighted by molar-refractivity contribution is 0.0183. The quantitative estimate of drug-likeness (QED) is 0.795. The molecular formula is C12H13N3O4. The van der Waals surface area contributed by atoms with Crippen LogP contribution < -0.4 is 10.2 Å². The van der Waals surface area contributed by atoms with E-state index < -0.39 is 0 Å². The topological polar surface area (TPSA) is 94.8 Å². The highest BCUT2D eigenvalue weighted by Crippen LogP contribution is 2.23. The van der Waals surface area contributed by atoms with Crippen LogP contribution in [0.3, 0.4) is 0 Å². The van der Waals surface area contributed by atoms with E-state index in [1.54, 1.807) is 12.1 Å². The Morgan fingerprint density at radius 3 is 2.84 bits per heavy atom. The molecule has 0 spiro atoms. The minimum Gasteiger partial charge on any atom is -0.487 e.